The lowest BCUT2D eigenvalue weighted by molar-refractivity contribution is 0.0588. The quantitative estimate of drug-likeness (QED) is 0.474. The molecule has 2 atom stereocenters. The van der Waals surface area contributed by atoms with Gasteiger partial charge >= 0.3 is 0 Å². The second-order valence-corrected chi connectivity index (χ2v) is 10.2. The average Bonchev–Trinajstić information content (AvgIpc) is 3.53. The number of aromatic amines is 1. The van der Waals surface area contributed by atoms with Crippen LogP contribution in [0.4, 0.5) is 0 Å². The van der Waals surface area contributed by atoms with Crippen molar-refractivity contribution in [1.82, 2.24) is 14.8 Å². The Balaban J connectivity index is 1.42. The van der Waals surface area contributed by atoms with Gasteiger partial charge in [-0.1, -0.05) is 61.7 Å². The van der Waals surface area contributed by atoms with Crippen molar-refractivity contribution in [3.8, 4) is 0 Å². The van der Waals surface area contributed by atoms with E-state index in [4.69, 9.17) is 0 Å². The van der Waals surface area contributed by atoms with Gasteiger partial charge in [-0.25, -0.2) is 0 Å². The zero-order valence-corrected chi connectivity index (χ0v) is 20.3. The molecule has 2 aliphatic rings. The highest BCUT2D eigenvalue weighted by Crippen LogP contribution is 2.37. The van der Waals surface area contributed by atoms with E-state index in [0.29, 0.717) is 17.9 Å². The van der Waals surface area contributed by atoms with Crippen molar-refractivity contribution in [2.24, 2.45) is 5.92 Å². The summed E-state index contributed by atoms with van der Waals surface area (Å²) in [6.07, 6.45) is 8.02. The monoisotopic (exact) mass is 455 g/mol. The summed E-state index contributed by atoms with van der Waals surface area (Å²) < 4.78 is 0. The lowest BCUT2D eigenvalue weighted by Gasteiger charge is -2.37. The highest BCUT2D eigenvalue weighted by molar-refractivity contribution is 5.94. The molecule has 0 bridgehead atoms. The number of aryl methyl sites for hydroxylation is 1. The van der Waals surface area contributed by atoms with Gasteiger partial charge in [0, 0.05) is 55.6 Å². The lowest BCUT2D eigenvalue weighted by Crippen LogP contribution is -2.45. The van der Waals surface area contributed by atoms with Crippen molar-refractivity contribution in [3.05, 3.63) is 95.3 Å². The number of H-pyrrole nitrogens is 1. The highest BCUT2D eigenvalue weighted by atomic mass is 16.2. The van der Waals surface area contributed by atoms with E-state index >= 15 is 0 Å². The van der Waals surface area contributed by atoms with Gasteiger partial charge < -0.3 is 9.88 Å². The number of nitrogens with zero attached hydrogens (tertiary/aromatic N) is 2. The minimum absolute atomic E-state index is 0.207. The molecule has 2 unspecified atom stereocenters. The number of carbonyl (C=O) groups is 1. The first kappa shape index (κ1) is 22.9. The van der Waals surface area contributed by atoms with Crippen LogP contribution < -0.4 is 0 Å². The Kier molecular flexibility index (Phi) is 7.15. The van der Waals surface area contributed by atoms with Crippen molar-refractivity contribution in [2.45, 2.75) is 57.5 Å². The van der Waals surface area contributed by atoms with Gasteiger partial charge in [0.25, 0.3) is 5.91 Å². The molecule has 1 saturated heterocycles. The summed E-state index contributed by atoms with van der Waals surface area (Å²) in [6.45, 7) is 6.05. The second-order valence-electron chi connectivity index (χ2n) is 10.2. The number of carbonyl (C=O) groups excluding carboxylic acids is 1. The summed E-state index contributed by atoms with van der Waals surface area (Å²) in [5.41, 5.74) is 4.88. The maximum Gasteiger partial charge on any atom is 0.254 e. The molecule has 4 nitrogen and oxygen atoms in total. The summed E-state index contributed by atoms with van der Waals surface area (Å²) >= 11 is 0. The van der Waals surface area contributed by atoms with Crippen LogP contribution in [0.3, 0.4) is 0 Å². The summed E-state index contributed by atoms with van der Waals surface area (Å²) in [5, 5.41) is 0. The first-order chi connectivity index (χ1) is 16.7. The van der Waals surface area contributed by atoms with E-state index < -0.39 is 0 Å². The van der Waals surface area contributed by atoms with Crippen LogP contribution in [0.15, 0.2) is 72.9 Å². The minimum Gasteiger partial charge on any atom is -0.364 e. The van der Waals surface area contributed by atoms with Gasteiger partial charge in [0.1, 0.15) is 0 Å². The minimum atomic E-state index is 0.207. The van der Waals surface area contributed by atoms with Gasteiger partial charge in [-0.2, -0.15) is 0 Å². The Bertz CT molecular complexity index is 1060. The third-order valence-corrected chi connectivity index (χ3v) is 7.89. The van der Waals surface area contributed by atoms with Crippen molar-refractivity contribution < 1.29 is 4.79 Å². The van der Waals surface area contributed by atoms with Crippen LogP contribution in [-0.2, 0) is 6.54 Å². The van der Waals surface area contributed by atoms with Gasteiger partial charge in [-0.15, -0.1) is 0 Å². The Morgan fingerprint density at radius 2 is 1.71 bits per heavy atom. The van der Waals surface area contributed by atoms with Crippen LogP contribution in [0.25, 0.3) is 0 Å². The number of hydrogen-bond donors (Lipinski definition) is 1. The molecule has 1 saturated carbocycles. The van der Waals surface area contributed by atoms with Crippen LogP contribution in [-0.4, -0.2) is 46.4 Å². The zero-order valence-electron chi connectivity index (χ0n) is 20.3. The van der Waals surface area contributed by atoms with Crippen molar-refractivity contribution >= 4 is 5.91 Å². The molecule has 1 aliphatic carbocycles. The molecule has 1 aliphatic heterocycles. The first-order valence-corrected chi connectivity index (χ1v) is 12.9. The van der Waals surface area contributed by atoms with Crippen LogP contribution in [0.2, 0.25) is 0 Å². The van der Waals surface area contributed by atoms with Crippen LogP contribution in [0.5, 0.6) is 0 Å². The van der Waals surface area contributed by atoms with Gasteiger partial charge in [0.15, 0.2) is 0 Å². The zero-order chi connectivity index (χ0) is 23.3. The normalized spacial score (nSPS) is 21.6. The van der Waals surface area contributed by atoms with E-state index in [9.17, 15) is 4.79 Å². The number of hydrogen-bond acceptors (Lipinski definition) is 2. The molecule has 5 rings (SSSR count). The number of nitrogens with one attached hydrogen (secondary N) is 1. The molecule has 1 aromatic heterocycles. The molecular formula is C30H37N3O. The van der Waals surface area contributed by atoms with Gasteiger partial charge in [0.2, 0.25) is 0 Å². The van der Waals surface area contributed by atoms with E-state index in [1.54, 1.807) is 0 Å². The molecule has 1 amide bonds. The second kappa shape index (κ2) is 10.6. The third-order valence-electron chi connectivity index (χ3n) is 7.89. The molecule has 2 aromatic carbocycles. The molecular weight excluding hydrogens is 418 g/mol. The van der Waals surface area contributed by atoms with E-state index in [2.05, 4.69) is 58.1 Å². The smallest absolute Gasteiger partial charge is 0.254 e. The number of amides is 1. The molecule has 178 valence electrons. The van der Waals surface area contributed by atoms with Gasteiger partial charge in [-0.05, 0) is 61.1 Å². The molecule has 0 radical (unpaired) electrons. The summed E-state index contributed by atoms with van der Waals surface area (Å²) in [4.78, 5) is 22.0. The third kappa shape index (κ3) is 5.12. The van der Waals surface area contributed by atoms with E-state index in [-0.39, 0.29) is 5.91 Å². The maximum atomic E-state index is 13.8. The first-order valence-electron chi connectivity index (χ1n) is 12.9. The summed E-state index contributed by atoms with van der Waals surface area (Å²) in [6, 6.07) is 23.3. The van der Waals surface area contributed by atoms with Crippen molar-refractivity contribution in [3.63, 3.8) is 0 Å². The number of likely N-dealkylation sites (tertiary alicyclic amines) is 1. The molecule has 2 fully saturated rings. The molecule has 2 heterocycles. The molecule has 0 spiro atoms. The Morgan fingerprint density at radius 3 is 2.44 bits per heavy atom. The fourth-order valence-corrected chi connectivity index (χ4v) is 6.13. The maximum absolute atomic E-state index is 13.8. The SMILES string of the molecule is Cc1ccccc1C1CN(Cc2ccc[nH]2)CC1CN(C(=O)c1ccccc1)C1CCCCC1. The van der Waals surface area contributed by atoms with E-state index in [0.717, 1.165) is 44.6 Å². The predicted octanol–water partition coefficient (Wildman–Crippen LogP) is 6.01. The largest absolute Gasteiger partial charge is 0.364 e. The number of aromatic nitrogens is 1. The molecule has 3 aromatic rings. The Morgan fingerprint density at radius 1 is 0.941 bits per heavy atom. The van der Waals surface area contributed by atoms with Crippen LogP contribution >= 0.6 is 0 Å². The van der Waals surface area contributed by atoms with E-state index in [1.165, 1.54) is 36.1 Å². The topological polar surface area (TPSA) is 39.3 Å². The molecule has 34 heavy (non-hydrogen) atoms. The Labute approximate surface area is 204 Å². The molecule has 1 N–H and O–H groups in total. The lowest BCUT2D eigenvalue weighted by atomic mass is 9.85. The fraction of sp³-hybridized carbons (Fsp3) is 0.433. The number of benzene rings is 2. The highest BCUT2D eigenvalue weighted by Gasteiger charge is 2.38. The average molecular weight is 456 g/mol. The van der Waals surface area contributed by atoms with Crippen LogP contribution in [0, 0.1) is 12.8 Å². The predicted molar refractivity (Wildman–Crippen MR) is 138 cm³/mol. The van der Waals surface area contributed by atoms with Gasteiger partial charge in [-0.3, -0.25) is 9.69 Å². The summed E-state index contributed by atoms with van der Waals surface area (Å²) in [7, 11) is 0. The number of rotatable bonds is 7. The summed E-state index contributed by atoms with van der Waals surface area (Å²) in [5.74, 6) is 1.07. The van der Waals surface area contributed by atoms with E-state index in [1.807, 2.05) is 36.5 Å². The molecule has 4 heteroatoms. The van der Waals surface area contributed by atoms with Gasteiger partial charge in [0.05, 0.1) is 0 Å². The van der Waals surface area contributed by atoms with Crippen LogP contribution in [0.1, 0.15) is 65.2 Å². The van der Waals surface area contributed by atoms with Crippen molar-refractivity contribution in [1.29, 1.82) is 0 Å². The van der Waals surface area contributed by atoms with Crippen molar-refractivity contribution in [2.75, 3.05) is 19.6 Å². The Hall–Kier alpha value is -2.85. The fourth-order valence-electron chi connectivity index (χ4n) is 6.13. The standard InChI is InChI=1S/C30H37N3O/c1-23-11-8-9-17-28(23)29-22-32(21-26-14-10-18-31-26)19-25(29)20-33(27-15-6-3-7-16-27)30(34)24-12-4-2-5-13-24/h2,4-5,8-14,17-18,25,27,29,31H,3,6-7,15-16,19-22H2,1H3.